The van der Waals surface area contributed by atoms with Crippen molar-refractivity contribution in [2.75, 3.05) is 6.61 Å². The van der Waals surface area contributed by atoms with Gasteiger partial charge >= 0.3 is 0 Å². The molecule has 0 amide bonds. The first-order valence-electron chi connectivity index (χ1n) is 16.3. The fourth-order valence-corrected chi connectivity index (χ4v) is 8.95. The van der Waals surface area contributed by atoms with Crippen LogP contribution in [-0.2, 0) is 22.9 Å². The lowest BCUT2D eigenvalue weighted by molar-refractivity contribution is -0.135. The zero-order valence-electron chi connectivity index (χ0n) is 28.2. The van der Waals surface area contributed by atoms with Gasteiger partial charge in [-0.15, -0.1) is 0 Å². The molecule has 0 bridgehead atoms. The van der Waals surface area contributed by atoms with Gasteiger partial charge in [-0.2, -0.15) is 0 Å². The number of rotatable bonds is 21. The highest BCUT2D eigenvalue weighted by Crippen LogP contribution is 2.41. The van der Waals surface area contributed by atoms with Crippen molar-refractivity contribution in [1.82, 2.24) is 0 Å². The van der Waals surface area contributed by atoms with E-state index < -0.39 is 25.0 Å². The van der Waals surface area contributed by atoms with E-state index in [1.54, 1.807) is 0 Å². The topological polar surface area (TPSA) is 66.4 Å². The molecule has 236 valence electrons. The summed E-state index contributed by atoms with van der Waals surface area (Å²) in [6.07, 6.45) is 14.5. The van der Waals surface area contributed by atoms with Crippen molar-refractivity contribution in [3.05, 3.63) is 0 Å². The number of hydrogen-bond donors (Lipinski definition) is 0. The van der Waals surface area contributed by atoms with E-state index in [9.17, 15) is 4.79 Å². The maximum Gasteiger partial charge on any atom is 0.292 e. The van der Waals surface area contributed by atoms with E-state index >= 15 is 0 Å². The summed E-state index contributed by atoms with van der Waals surface area (Å²) in [5.74, 6) is 0.825. The molecule has 6 nitrogen and oxygen atoms in total. The minimum absolute atomic E-state index is 0.0264. The third kappa shape index (κ3) is 17.5. The number of carbonyl (C=O) groups is 1. The van der Waals surface area contributed by atoms with Crippen molar-refractivity contribution < 1.29 is 22.9 Å². The largest absolute Gasteiger partial charge is 0.520 e. The quantitative estimate of drug-likeness (QED) is 0.0731. The van der Waals surface area contributed by atoms with Gasteiger partial charge < -0.3 is 18.1 Å². The molecule has 0 heterocycles. The Bertz CT molecular complexity index is 743. The van der Waals surface area contributed by atoms with Crippen molar-refractivity contribution in [3.63, 3.8) is 0 Å². The molecule has 0 unspecified atom stereocenters. The molecule has 0 radical (unpaired) electrons. The molecule has 0 aromatic heterocycles. The van der Waals surface area contributed by atoms with Crippen LogP contribution in [0.4, 0.5) is 0 Å². The number of hydrogen-bond acceptors (Lipinski definition) is 6. The van der Waals surface area contributed by atoms with Crippen LogP contribution in [0.1, 0.15) is 97.3 Å². The highest BCUT2D eigenvalue weighted by atomic mass is 28.4. The summed E-state index contributed by atoms with van der Waals surface area (Å²) >= 11 is 0. The standard InChI is InChI=1S/C31H65NO5Si3/c1-12-14-17-20-26(35-38(3,4)5)23-24-28-27(21-18-15-16-19-22-31(33)37-40(9,10)11)29(32-34-13-2)25-30(28)36-39(6,7)8/h26-28,30H,12-25H2,1-11H3/b32-29+/t26-,27+,28+,30+/m0/s1. The van der Waals surface area contributed by atoms with Crippen LogP contribution >= 0.6 is 0 Å². The lowest BCUT2D eigenvalue weighted by Crippen LogP contribution is -2.36. The Labute approximate surface area is 251 Å². The number of nitrogens with zero attached hydrogens (tertiary/aromatic N) is 1. The van der Waals surface area contributed by atoms with Crippen LogP contribution in [0.15, 0.2) is 5.16 Å². The molecule has 1 rings (SSSR count). The van der Waals surface area contributed by atoms with Gasteiger partial charge in [0.15, 0.2) is 16.6 Å². The fourth-order valence-electron chi connectivity index (χ4n) is 5.76. The van der Waals surface area contributed by atoms with Gasteiger partial charge in [0.25, 0.3) is 5.97 Å². The summed E-state index contributed by atoms with van der Waals surface area (Å²) in [5.41, 5.74) is 1.20. The molecular weight excluding hydrogens is 551 g/mol. The first-order chi connectivity index (χ1) is 18.5. The molecule has 1 aliphatic rings. The molecular formula is C31H65NO5Si3. The Hall–Kier alpha value is -0.489. The number of carbonyl (C=O) groups excluding carboxylic acids is 1. The van der Waals surface area contributed by atoms with E-state index in [1.165, 1.54) is 25.0 Å². The van der Waals surface area contributed by atoms with Crippen LogP contribution in [0.2, 0.25) is 58.9 Å². The Morgan fingerprint density at radius 3 is 2.08 bits per heavy atom. The summed E-state index contributed by atoms with van der Waals surface area (Å²) in [4.78, 5) is 17.7. The Morgan fingerprint density at radius 2 is 1.50 bits per heavy atom. The number of oxime groups is 1. The van der Waals surface area contributed by atoms with Gasteiger partial charge in [-0.05, 0) is 104 Å². The first-order valence-corrected chi connectivity index (χ1v) is 26.5. The molecule has 4 atom stereocenters. The third-order valence-corrected chi connectivity index (χ3v) is 10.1. The predicted octanol–water partition coefficient (Wildman–Crippen LogP) is 9.53. The Balaban J connectivity index is 2.91. The van der Waals surface area contributed by atoms with E-state index in [0.717, 1.165) is 57.8 Å². The van der Waals surface area contributed by atoms with Crippen LogP contribution in [0.25, 0.3) is 0 Å². The predicted molar refractivity (Wildman–Crippen MR) is 178 cm³/mol. The monoisotopic (exact) mass is 615 g/mol. The fraction of sp³-hybridized carbons (Fsp3) is 0.935. The molecule has 0 spiro atoms. The minimum atomic E-state index is -1.79. The second kappa shape index (κ2) is 18.2. The van der Waals surface area contributed by atoms with Crippen LogP contribution in [0.3, 0.4) is 0 Å². The summed E-state index contributed by atoms with van der Waals surface area (Å²) < 4.78 is 19.1. The maximum atomic E-state index is 12.1. The highest BCUT2D eigenvalue weighted by Gasteiger charge is 2.43. The first kappa shape index (κ1) is 37.5. The van der Waals surface area contributed by atoms with Gasteiger partial charge in [0.05, 0.1) is 11.8 Å². The second-order valence-corrected chi connectivity index (χ2v) is 28.1. The SMILES string of the molecule is CCCCC[C@@H](CC[C@H]1[C@H](O[Si](C)(C)C)C/C(=N\OCC)[C@@H]1CCCCCCC(=O)O[Si](C)(C)C)O[Si](C)(C)C. The van der Waals surface area contributed by atoms with E-state index in [1.807, 2.05) is 6.92 Å². The van der Waals surface area contributed by atoms with Gasteiger partial charge in [-0.1, -0.05) is 50.6 Å². The van der Waals surface area contributed by atoms with Crippen molar-refractivity contribution in [2.24, 2.45) is 17.0 Å². The van der Waals surface area contributed by atoms with Gasteiger partial charge in [-0.25, -0.2) is 0 Å². The van der Waals surface area contributed by atoms with E-state index in [-0.39, 0.29) is 12.1 Å². The number of unbranched alkanes of at least 4 members (excludes halogenated alkanes) is 5. The lowest BCUT2D eigenvalue weighted by atomic mass is 9.84. The Kier molecular flexibility index (Phi) is 17.1. The van der Waals surface area contributed by atoms with Crippen LogP contribution in [0.5, 0.6) is 0 Å². The molecule has 40 heavy (non-hydrogen) atoms. The molecule has 0 aliphatic heterocycles. The maximum absolute atomic E-state index is 12.1. The molecule has 0 saturated heterocycles. The average molecular weight is 616 g/mol. The van der Waals surface area contributed by atoms with E-state index in [4.69, 9.17) is 18.1 Å². The molecule has 0 aromatic carbocycles. The Morgan fingerprint density at radius 1 is 0.825 bits per heavy atom. The van der Waals surface area contributed by atoms with Crippen molar-refractivity contribution >= 4 is 36.6 Å². The second-order valence-electron chi connectivity index (χ2n) is 14.7. The zero-order chi connectivity index (χ0) is 30.4. The molecule has 0 aromatic rings. The van der Waals surface area contributed by atoms with Crippen molar-refractivity contribution in [2.45, 2.75) is 168 Å². The van der Waals surface area contributed by atoms with E-state index in [2.05, 4.69) is 71.0 Å². The smallest absolute Gasteiger partial charge is 0.292 e. The van der Waals surface area contributed by atoms with Crippen LogP contribution in [0, 0.1) is 11.8 Å². The average Bonchev–Trinajstić information content (AvgIpc) is 3.10. The third-order valence-electron chi connectivity index (χ3n) is 7.19. The molecule has 1 fully saturated rings. The van der Waals surface area contributed by atoms with Gasteiger partial charge in [0, 0.05) is 24.9 Å². The zero-order valence-corrected chi connectivity index (χ0v) is 31.2. The summed E-state index contributed by atoms with van der Waals surface area (Å²) in [6, 6.07) is 0. The van der Waals surface area contributed by atoms with Crippen molar-refractivity contribution in [3.8, 4) is 0 Å². The van der Waals surface area contributed by atoms with Crippen molar-refractivity contribution in [1.29, 1.82) is 0 Å². The molecule has 1 aliphatic carbocycles. The van der Waals surface area contributed by atoms with E-state index in [0.29, 0.717) is 31.0 Å². The van der Waals surface area contributed by atoms with Crippen LogP contribution < -0.4 is 0 Å². The summed E-state index contributed by atoms with van der Waals surface area (Å²) in [5, 5.41) is 4.64. The summed E-state index contributed by atoms with van der Waals surface area (Å²) in [7, 11) is -5.12. The van der Waals surface area contributed by atoms with Gasteiger partial charge in [0.1, 0.15) is 6.61 Å². The molecule has 9 heteroatoms. The minimum Gasteiger partial charge on any atom is -0.520 e. The van der Waals surface area contributed by atoms with Crippen LogP contribution in [-0.4, -0.2) is 55.4 Å². The lowest BCUT2D eigenvalue weighted by Gasteiger charge is -2.32. The molecule has 0 N–H and O–H groups in total. The highest BCUT2D eigenvalue weighted by molar-refractivity contribution is 6.71. The van der Waals surface area contributed by atoms with Gasteiger partial charge in [-0.3, -0.25) is 4.79 Å². The van der Waals surface area contributed by atoms with Gasteiger partial charge in [0.2, 0.25) is 8.32 Å². The summed E-state index contributed by atoms with van der Waals surface area (Å²) in [6.45, 7) is 24.9. The normalized spacial score (nSPS) is 22.1. The molecule has 1 saturated carbocycles.